The summed E-state index contributed by atoms with van der Waals surface area (Å²) in [6.07, 6.45) is 0.756. The van der Waals surface area contributed by atoms with E-state index in [4.69, 9.17) is 5.73 Å². The van der Waals surface area contributed by atoms with E-state index in [0.717, 1.165) is 34.2 Å². The van der Waals surface area contributed by atoms with Crippen molar-refractivity contribution in [3.63, 3.8) is 0 Å². The van der Waals surface area contributed by atoms with Crippen molar-refractivity contribution in [2.45, 2.75) is 44.3 Å². The Hall–Kier alpha value is -1.69. The predicted octanol–water partition coefficient (Wildman–Crippen LogP) is 2.49. The van der Waals surface area contributed by atoms with Gasteiger partial charge in [-0.1, -0.05) is 6.92 Å². The van der Waals surface area contributed by atoms with E-state index in [1.54, 1.807) is 0 Å². The zero-order valence-electron chi connectivity index (χ0n) is 11.6. The minimum absolute atomic E-state index is 0.527. The molecule has 0 bridgehead atoms. The molecule has 19 heavy (non-hydrogen) atoms. The molecule has 0 atom stereocenters. The van der Waals surface area contributed by atoms with Crippen molar-refractivity contribution in [2.75, 3.05) is 5.73 Å². The summed E-state index contributed by atoms with van der Waals surface area (Å²) >= 11 is 1.43. The first-order valence-electron chi connectivity index (χ1n) is 6.12. The van der Waals surface area contributed by atoms with E-state index in [9.17, 15) is 0 Å². The highest BCUT2D eigenvalue weighted by molar-refractivity contribution is 7.99. The number of nitrogens with two attached hydrogens (primary N) is 1. The molecule has 0 fully saturated rings. The summed E-state index contributed by atoms with van der Waals surface area (Å²) < 4.78 is 0. The molecule has 5 nitrogen and oxygen atoms in total. The molecule has 6 heteroatoms. The van der Waals surface area contributed by atoms with E-state index in [0.29, 0.717) is 11.0 Å². The Morgan fingerprint density at radius 3 is 2.26 bits per heavy atom. The molecule has 100 valence electrons. The Bertz CT molecular complexity index is 592. The maximum Gasteiger partial charge on any atom is 0.194 e. The van der Waals surface area contributed by atoms with Gasteiger partial charge in [0, 0.05) is 23.4 Å². The number of rotatable bonds is 3. The quantitative estimate of drug-likeness (QED) is 0.685. The zero-order valence-corrected chi connectivity index (χ0v) is 12.4. The average Bonchev–Trinajstić information content (AvgIpc) is 2.33. The lowest BCUT2D eigenvalue weighted by Crippen LogP contribution is -2.04. The van der Waals surface area contributed by atoms with Crippen molar-refractivity contribution < 1.29 is 0 Å². The van der Waals surface area contributed by atoms with Crippen molar-refractivity contribution >= 4 is 17.6 Å². The van der Waals surface area contributed by atoms with Gasteiger partial charge in [-0.2, -0.15) is 0 Å². The summed E-state index contributed by atoms with van der Waals surface area (Å²) in [5, 5.41) is 1.52. The largest absolute Gasteiger partial charge is 0.383 e. The minimum atomic E-state index is 0.527. The molecular formula is C13H17N5S. The highest BCUT2D eigenvalue weighted by Crippen LogP contribution is 2.28. The Labute approximate surface area is 117 Å². The van der Waals surface area contributed by atoms with Crippen LogP contribution >= 0.6 is 11.8 Å². The van der Waals surface area contributed by atoms with Gasteiger partial charge in [0.15, 0.2) is 5.16 Å². The predicted molar refractivity (Wildman–Crippen MR) is 76.2 cm³/mol. The third kappa shape index (κ3) is 3.20. The van der Waals surface area contributed by atoms with Crippen molar-refractivity contribution in [3.8, 4) is 0 Å². The van der Waals surface area contributed by atoms with Crippen LogP contribution in [0.1, 0.15) is 29.7 Å². The van der Waals surface area contributed by atoms with Crippen molar-refractivity contribution in [3.05, 3.63) is 28.8 Å². The summed E-state index contributed by atoms with van der Waals surface area (Å²) in [7, 11) is 0. The third-order valence-corrected chi connectivity index (χ3v) is 3.61. The number of nitrogens with zero attached hydrogens (tertiary/aromatic N) is 4. The number of anilines is 1. The van der Waals surface area contributed by atoms with Crippen molar-refractivity contribution in [1.82, 2.24) is 19.9 Å². The van der Waals surface area contributed by atoms with Crippen LogP contribution in [0.25, 0.3) is 0 Å². The minimum Gasteiger partial charge on any atom is -0.383 e. The number of nitrogen functional groups attached to an aromatic ring is 1. The van der Waals surface area contributed by atoms with Gasteiger partial charge in [-0.05, 0) is 38.6 Å². The molecule has 0 aliphatic rings. The highest BCUT2D eigenvalue weighted by Gasteiger charge is 2.11. The number of aryl methyl sites for hydroxylation is 3. The van der Waals surface area contributed by atoms with Gasteiger partial charge in [0.2, 0.25) is 0 Å². The summed E-state index contributed by atoms with van der Waals surface area (Å²) in [5.41, 5.74) is 8.68. The molecular weight excluding hydrogens is 258 g/mol. The van der Waals surface area contributed by atoms with Gasteiger partial charge in [-0.25, -0.2) is 19.9 Å². The lowest BCUT2D eigenvalue weighted by molar-refractivity contribution is 0.864. The SMILES string of the molecule is CCc1nc(N)c(C)c(Sc2nc(C)cc(C)n2)n1. The summed E-state index contributed by atoms with van der Waals surface area (Å²) in [6, 6.07) is 1.95. The van der Waals surface area contributed by atoms with E-state index in [1.807, 2.05) is 33.8 Å². The fourth-order valence-corrected chi connectivity index (χ4v) is 2.60. The Kier molecular flexibility index (Phi) is 3.99. The second-order valence-electron chi connectivity index (χ2n) is 4.34. The highest BCUT2D eigenvalue weighted by atomic mass is 32.2. The second kappa shape index (κ2) is 5.52. The van der Waals surface area contributed by atoms with Crippen LogP contribution in [0.5, 0.6) is 0 Å². The van der Waals surface area contributed by atoms with Gasteiger partial charge < -0.3 is 5.73 Å². The normalized spacial score (nSPS) is 10.7. The Balaban J connectivity index is 2.39. The topological polar surface area (TPSA) is 77.6 Å². The van der Waals surface area contributed by atoms with E-state index in [-0.39, 0.29) is 0 Å². The van der Waals surface area contributed by atoms with Gasteiger partial charge in [0.1, 0.15) is 16.7 Å². The first-order valence-corrected chi connectivity index (χ1v) is 6.94. The molecule has 2 rings (SSSR count). The van der Waals surface area contributed by atoms with Gasteiger partial charge >= 0.3 is 0 Å². The molecule has 0 unspecified atom stereocenters. The molecule has 2 heterocycles. The maximum atomic E-state index is 5.91. The van der Waals surface area contributed by atoms with Gasteiger partial charge in [0.05, 0.1) is 0 Å². The first kappa shape index (κ1) is 13.7. The molecule has 0 aliphatic carbocycles. The molecule has 0 spiro atoms. The standard InChI is InChI=1S/C13H17N5S/c1-5-10-17-11(14)9(4)12(18-10)19-13-15-7(2)6-8(3)16-13/h6H,5H2,1-4H3,(H2,14,17,18). The average molecular weight is 275 g/mol. The first-order chi connectivity index (χ1) is 8.99. The number of hydrogen-bond donors (Lipinski definition) is 1. The van der Waals surface area contributed by atoms with Crippen LogP contribution in [-0.4, -0.2) is 19.9 Å². The van der Waals surface area contributed by atoms with E-state index < -0.39 is 0 Å². The molecule has 2 N–H and O–H groups in total. The molecule has 2 aromatic rings. The van der Waals surface area contributed by atoms with Gasteiger partial charge in [-0.15, -0.1) is 0 Å². The van der Waals surface area contributed by atoms with Crippen LogP contribution in [0.3, 0.4) is 0 Å². The molecule has 0 amide bonds. The Morgan fingerprint density at radius 1 is 1.05 bits per heavy atom. The van der Waals surface area contributed by atoms with Gasteiger partial charge in [-0.3, -0.25) is 0 Å². The molecule has 0 aliphatic heterocycles. The van der Waals surface area contributed by atoms with Crippen LogP contribution in [0, 0.1) is 20.8 Å². The van der Waals surface area contributed by atoms with Crippen LogP contribution in [0.4, 0.5) is 5.82 Å². The van der Waals surface area contributed by atoms with Crippen LogP contribution in [0.15, 0.2) is 16.2 Å². The maximum absolute atomic E-state index is 5.91. The lowest BCUT2D eigenvalue weighted by atomic mass is 10.3. The van der Waals surface area contributed by atoms with Gasteiger partial charge in [0.25, 0.3) is 0 Å². The zero-order chi connectivity index (χ0) is 14.0. The van der Waals surface area contributed by atoms with Crippen molar-refractivity contribution in [2.24, 2.45) is 0 Å². The summed E-state index contributed by atoms with van der Waals surface area (Å²) in [4.78, 5) is 17.6. The Morgan fingerprint density at radius 2 is 1.68 bits per heavy atom. The third-order valence-electron chi connectivity index (χ3n) is 2.65. The molecule has 0 saturated carbocycles. The van der Waals surface area contributed by atoms with E-state index in [2.05, 4.69) is 19.9 Å². The summed E-state index contributed by atoms with van der Waals surface area (Å²) in [5.74, 6) is 1.27. The molecule has 0 radical (unpaired) electrons. The van der Waals surface area contributed by atoms with Crippen molar-refractivity contribution in [1.29, 1.82) is 0 Å². The van der Waals surface area contributed by atoms with E-state index in [1.165, 1.54) is 11.8 Å². The van der Waals surface area contributed by atoms with Crippen LogP contribution in [0.2, 0.25) is 0 Å². The van der Waals surface area contributed by atoms with E-state index >= 15 is 0 Å². The number of hydrogen-bond acceptors (Lipinski definition) is 6. The van der Waals surface area contributed by atoms with Crippen LogP contribution < -0.4 is 5.73 Å². The van der Waals surface area contributed by atoms with Crippen LogP contribution in [-0.2, 0) is 6.42 Å². The monoisotopic (exact) mass is 275 g/mol. The second-order valence-corrected chi connectivity index (χ2v) is 5.30. The summed E-state index contributed by atoms with van der Waals surface area (Å²) in [6.45, 7) is 7.83. The molecule has 0 saturated heterocycles. The fourth-order valence-electron chi connectivity index (χ4n) is 1.64. The number of aromatic nitrogens is 4. The smallest absolute Gasteiger partial charge is 0.194 e. The molecule has 0 aromatic carbocycles. The molecule has 2 aromatic heterocycles. The fraction of sp³-hybridized carbons (Fsp3) is 0.385. The lowest BCUT2D eigenvalue weighted by Gasteiger charge is -2.08.